The Morgan fingerprint density at radius 2 is 1.77 bits per heavy atom. The Balaban J connectivity index is 1.24. The molecule has 8 nitrogen and oxygen atoms in total. The molecular formula is C27H30N2O6. The van der Waals surface area contributed by atoms with Crippen LogP contribution in [0, 0.1) is 11.3 Å². The van der Waals surface area contributed by atoms with Crippen LogP contribution in [0.1, 0.15) is 36.3 Å². The number of carboxylic acid groups (broad SMARTS) is 1. The number of likely N-dealkylation sites (tertiary alicyclic amines) is 1. The maximum atomic E-state index is 13.2. The molecule has 5 rings (SSSR count). The minimum atomic E-state index is -0.944. The molecule has 35 heavy (non-hydrogen) atoms. The van der Waals surface area contributed by atoms with Crippen LogP contribution >= 0.6 is 0 Å². The highest BCUT2D eigenvalue weighted by molar-refractivity contribution is 5.88. The van der Waals surface area contributed by atoms with Gasteiger partial charge in [-0.1, -0.05) is 55.0 Å². The van der Waals surface area contributed by atoms with Crippen LogP contribution in [0.5, 0.6) is 0 Å². The Labute approximate surface area is 204 Å². The molecule has 2 fully saturated rings. The summed E-state index contributed by atoms with van der Waals surface area (Å²) in [4.78, 5) is 39.5. The van der Waals surface area contributed by atoms with E-state index in [0.29, 0.717) is 13.0 Å². The molecular weight excluding hydrogens is 448 g/mol. The largest absolute Gasteiger partial charge is 0.481 e. The number of fused-ring (bicyclic) bond motifs is 4. The van der Waals surface area contributed by atoms with Gasteiger partial charge in [-0.3, -0.25) is 9.59 Å². The molecule has 1 saturated carbocycles. The zero-order valence-electron chi connectivity index (χ0n) is 19.7. The van der Waals surface area contributed by atoms with Gasteiger partial charge in [0.15, 0.2) is 0 Å². The van der Waals surface area contributed by atoms with Crippen LogP contribution < -0.4 is 5.32 Å². The van der Waals surface area contributed by atoms with Crippen molar-refractivity contribution < 1.29 is 29.0 Å². The number of rotatable bonds is 7. The van der Waals surface area contributed by atoms with Crippen molar-refractivity contribution in [2.24, 2.45) is 11.3 Å². The number of methoxy groups -OCH3 is 1. The minimum Gasteiger partial charge on any atom is -0.481 e. The molecule has 0 unspecified atom stereocenters. The van der Waals surface area contributed by atoms with E-state index in [1.807, 2.05) is 36.4 Å². The highest BCUT2D eigenvalue weighted by atomic mass is 16.5. The van der Waals surface area contributed by atoms with E-state index in [0.717, 1.165) is 35.1 Å². The molecule has 2 aromatic rings. The number of nitrogens with one attached hydrogen (secondary N) is 1. The van der Waals surface area contributed by atoms with Crippen molar-refractivity contribution in [3.63, 3.8) is 0 Å². The zero-order chi connectivity index (χ0) is 24.6. The number of amides is 2. The van der Waals surface area contributed by atoms with Crippen LogP contribution in [-0.2, 0) is 19.1 Å². The second-order valence-corrected chi connectivity index (χ2v) is 9.75. The number of hydrogen-bond donors (Lipinski definition) is 2. The SMILES string of the molecule is COC[C@H](NC(=O)OCC1c2ccccc2-c2ccccc21)C(=O)N1C[C@H]2CCC[C@@]2(C(=O)O)C1. The molecule has 0 bridgehead atoms. The Morgan fingerprint density at radius 3 is 2.37 bits per heavy atom. The quantitative estimate of drug-likeness (QED) is 0.633. The first-order valence-electron chi connectivity index (χ1n) is 12.1. The van der Waals surface area contributed by atoms with Crippen molar-refractivity contribution in [1.82, 2.24) is 10.2 Å². The number of ether oxygens (including phenoxy) is 2. The van der Waals surface area contributed by atoms with Crippen LogP contribution in [-0.4, -0.2) is 67.4 Å². The van der Waals surface area contributed by atoms with Crippen molar-refractivity contribution in [2.75, 3.05) is 33.4 Å². The first-order chi connectivity index (χ1) is 16.9. The van der Waals surface area contributed by atoms with Crippen molar-refractivity contribution in [3.05, 3.63) is 59.7 Å². The number of hydrogen-bond acceptors (Lipinski definition) is 5. The molecule has 1 heterocycles. The lowest BCUT2D eigenvalue weighted by molar-refractivity contribution is -0.149. The van der Waals surface area contributed by atoms with E-state index in [4.69, 9.17) is 9.47 Å². The molecule has 0 aromatic heterocycles. The monoisotopic (exact) mass is 478 g/mol. The fourth-order valence-corrected chi connectivity index (χ4v) is 6.15. The third-order valence-corrected chi connectivity index (χ3v) is 7.88. The molecule has 0 spiro atoms. The molecule has 8 heteroatoms. The molecule has 3 atom stereocenters. The summed E-state index contributed by atoms with van der Waals surface area (Å²) in [6.07, 6.45) is 1.53. The van der Waals surface area contributed by atoms with Crippen LogP contribution in [0.3, 0.4) is 0 Å². The highest BCUT2D eigenvalue weighted by Gasteiger charge is 2.56. The Hall–Kier alpha value is -3.39. The molecule has 2 amide bonds. The van der Waals surface area contributed by atoms with E-state index in [-0.39, 0.29) is 37.5 Å². The topological polar surface area (TPSA) is 105 Å². The summed E-state index contributed by atoms with van der Waals surface area (Å²) in [6.45, 7) is 0.669. The van der Waals surface area contributed by atoms with E-state index in [1.165, 1.54) is 7.11 Å². The van der Waals surface area contributed by atoms with Gasteiger partial charge in [0.25, 0.3) is 0 Å². The van der Waals surface area contributed by atoms with Crippen LogP contribution in [0.4, 0.5) is 4.79 Å². The van der Waals surface area contributed by atoms with Gasteiger partial charge in [0.05, 0.1) is 12.0 Å². The minimum absolute atomic E-state index is 0.0235. The molecule has 0 radical (unpaired) electrons. The Bertz CT molecular complexity index is 1100. The summed E-state index contributed by atoms with van der Waals surface area (Å²) < 4.78 is 10.8. The third-order valence-electron chi connectivity index (χ3n) is 7.88. The predicted octanol–water partition coefficient (Wildman–Crippen LogP) is 3.25. The maximum absolute atomic E-state index is 13.2. The van der Waals surface area contributed by atoms with Crippen molar-refractivity contribution in [3.8, 4) is 11.1 Å². The summed E-state index contributed by atoms with van der Waals surface area (Å²) >= 11 is 0. The van der Waals surface area contributed by atoms with Crippen molar-refractivity contribution in [1.29, 1.82) is 0 Å². The number of nitrogens with zero attached hydrogens (tertiary/aromatic N) is 1. The lowest BCUT2D eigenvalue weighted by Gasteiger charge is -2.26. The summed E-state index contributed by atoms with van der Waals surface area (Å²) in [7, 11) is 1.46. The molecule has 2 N–H and O–H groups in total. The average molecular weight is 479 g/mol. The summed E-state index contributed by atoms with van der Waals surface area (Å²) in [6, 6.07) is 15.2. The van der Waals surface area contributed by atoms with E-state index in [9.17, 15) is 19.5 Å². The van der Waals surface area contributed by atoms with Crippen LogP contribution in [0.25, 0.3) is 11.1 Å². The second kappa shape index (κ2) is 9.34. The average Bonchev–Trinajstić information content (AvgIpc) is 3.52. The normalized spacial score (nSPS) is 23.3. The van der Waals surface area contributed by atoms with Crippen LogP contribution in [0.15, 0.2) is 48.5 Å². The van der Waals surface area contributed by atoms with Gasteiger partial charge in [0.1, 0.15) is 12.6 Å². The van der Waals surface area contributed by atoms with Gasteiger partial charge in [0.2, 0.25) is 5.91 Å². The molecule has 184 valence electrons. The molecule has 3 aliphatic rings. The second-order valence-electron chi connectivity index (χ2n) is 9.75. The van der Waals surface area contributed by atoms with E-state index in [1.54, 1.807) is 4.90 Å². The zero-order valence-corrected chi connectivity index (χ0v) is 19.7. The summed E-state index contributed by atoms with van der Waals surface area (Å²) in [5.41, 5.74) is 3.60. The molecule has 2 aliphatic carbocycles. The number of benzene rings is 2. The third kappa shape index (κ3) is 4.05. The first-order valence-corrected chi connectivity index (χ1v) is 12.1. The molecule has 2 aromatic carbocycles. The first kappa shape index (κ1) is 23.4. The van der Waals surface area contributed by atoms with Gasteiger partial charge in [-0.2, -0.15) is 0 Å². The number of carbonyl (C=O) groups is 3. The summed E-state index contributed by atoms with van der Waals surface area (Å²) in [5, 5.41) is 12.5. The smallest absolute Gasteiger partial charge is 0.407 e. The van der Waals surface area contributed by atoms with Gasteiger partial charge < -0.3 is 24.8 Å². The molecule has 1 saturated heterocycles. The fourth-order valence-electron chi connectivity index (χ4n) is 6.15. The lowest BCUT2D eigenvalue weighted by Crippen LogP contribution is -2.51. The number of carboxylic acids is 1. The van der Waals surface area contributed by atoms with E-state index >= 15 is 0 Å². The molecule has 1 aliphatic heterocycles. The van der Waals surface area contributed by atoms with E-state index in [2.05, 4.69) is 17.4 Å². The Morgan fingerprint density at radius 1 is 1.11 bits per heavy atom. The van der Waals surface area contributed by atoms with Gasteiger partial charge in [-0.25, -0.2) is 4.79 Å². The lowest BCUT2D eigenvalue weighted by atomic mass is 9.81. The van der Waals surface area contributed by atoms with Gasteiger partial charge in [-0.05, 0) is 41.0 Å². The number of carbonyl (C=O) groups excluding carboxylic acids is 2. The van der Waals surface area contributed by atoms with Gasteiger partial charge >= 0.3 is 12.1 Å². The van der Waals surface area contributed by atoms with Crippen LogP contribution in [0.2, 0.25) is 0 Å². The van der Waals surface area contributed by atoms with Crippen molar-refractivity contribution in [2.45, 2.75) is 31.2 Å². The van der Waals surface area contributed by atoms with Gasteiger partial charge in [-0.15, -0.1) is 0 Å². The van der Waals surface area contributed by atoms with Gasteiger partial charge in [0, 0.05) is 26.1 Å². The standard InChI is InChI=1S/C27H30N2O6/c1-34-15-23(24(30)29-13-17-7-6-12-27(17,16-29)25(31)32)28-26(33)35-14-22-20-10-4-2-8-18(20)19-9-3-5-11-21(19)22/h2-5,8-11,17,22-23H,6-7,12-16H2,1H3,(H,28,33)(H,31,32)/t17-,23+,27-/m1/s1. The highest BCUT2D eigenvalue weighted by Crippen LogP contribution is 2.49. The predicted molar refractivity (Wildman–Crippen MR) is 128 cm³/mol. The number of alkyl carbamates (subject to hydrolysis) is 1. The van der Waals surface area contributed by atoms with E-state index < -0.39 is 23.5 Å². The Kier molecular flexibility index (Phi) is 6.23. The number of aliphatic carboxylic acids is 1. The summed E-state index contributed by atoms with van der Waals surface area (Å²) in [5.74, 6) is -1.32. The fraction of sp³-hybridized carbons (Fsp3) is 0.444. The van der Waals surface area contributed by atoms with Crippen molar-refractivity contribution >= 4 is 18.0 Å². The maximum Gasteiger partial charge on any atom is 0.407 e.